The first-order valence-corrected chi connectivity index (χ1v) is 8.89. The molecule has 1 unspecified atom stereocenters. The van der Waals surface area contributed by atoms with Crippen LogP contribution >= 0.6 is 0 Å². The van der Waals surface area contributed by atoms with Crippen molar-refractivity contribution >= 4 is 5.91 Å². The molecule has 0 spiro atoms. The van der Waals surface area contributed by atoms with Crippen molar-refractivity contribution in [1.29, 1.82) is 0 Å². The Morgan fingerprint density at radius 3 is 2.76 bits per heavy atom. The summed E-state index contributed by atoms with van der Waals surface area (Å²) in [5.74, 6) is 0.719. The second-order valence-electron chi connectivity index (χ2n) is 6.86. The molecule has 1 fully saturated rings. The van der Waals surface area contributed by atoms with Crippen LogP contribution in [0.1, 0.15) is 49.9 Å². The third kappa shape index (κ3) is 4.78. The van der Waals surface area contributed by atoms with Crippen LogP contribution in [0.5, 0.6) is 5.88 Å². The summed E-state index contributed by atoms with van der Waals surface area (Å²) < 4.78 is 7.56. The summed E-state index contributed by atoms with van der Waals surface area (Å²) in [5, 5.41) is 10.8. The van der Waals surface area contributed by atoms with Crippen molar-refractivity contribution in [1.82, 2.24) is 25.3 Å². The zero-order chi connectivity index (χ0) is 17.6. The van der Waals surface area contributed by atoms with Gasteiger partial charge in [-0.3, -0.25) is 9.48 Å². The van der Waals surface area contributed by atoms with E-state index in [1.165, 1.54) is 12.8 Å². The molecule has 2 aromatic heterocycles. The lowest BCUT2D eigenvalue weighted by molar-refractivity contribution is 0.0918. The topological polar surface area (TPSA) is 81.9 Å². The van der Waals surface area contributed by atoms with Crippen molar-refractivity contribution < 1.29 is 9.53 Å². The molecule has 0 radical (unpaired) electrons. The molecule has 25 heavy (non-hydrogen) atoms. The standard InChI is InChI=1S/C18H25N5O2/c1-13(2)16(12-23-10-9-20-22-23)21-18(24)14-7-8-17(19-11-14)25-15-5-3-4-6-15/h7-11,13,15-16H,3-6,12H2,1-2H3,(H,21,24). The highest BCUT2D eigenvalue weighted by atomic mass is 16.5. The average molecular weight is 343 g/mol. The summed E-state index contributed by atoms with van der Waals surface area (Å²) in [6, 6.07) is 3.50. The molecule has 2 aromatic rings. The molecule has 1 aliphatic carbocycles. The minimum atomic E-state index is -0.140. The number of hydrogen-bond donors (Lipinski definition) is 1. The Balaban J connectivity index is 1.59. The smallest absolute Gasteiger partial charge is 0.253 e. The van der Waals surface area contributed by atoms with Crippen molar-refractivity contribution in [3.05, 3.63) is 36.3 Å². The maximum atomic E-state index is 12.5. The number of carbonyl (C=O) groups is 1. The molecule has 0 aliphatic heterocycles. The van der Waals surface area contributed by atoms with Crippen LogP contribution in [0.25, 0.3) is 0 Å². The Labute approximate surface area is 147 Å². The summed E-state index contributed by atoms with van der Waals surface area (Å²) in [6.07, 6.45) is 9.86. The van der Waals surface area contributed by atoms with Gasteiger partial charge in [0.25, 0.3) is 5.91 Å². The van der Waals surface area contributed by atoms with Gasteiger partial charge < -0.3 is 10.1 Å². The average Bonchev–Trinajstić information content (AvgIpc) is 3.28. The Morgan fingerprint density at radius 1 is 1.36 bits per heavy atom. The van der Waals surface area contributed by atoms with Crippen LogP contribution < -0.4 is 10.1 Å². The number of amides is 1. The van der Waals surface area contributed by atoms with Gasteiger partial charge in [0, 0.05) is 18.5 Å². The minimum Gasteiger partial charge on any atom is -0.474 e. The highest BCUT2D eigenvalue weighted by Crippen LogP contribution is 2.22. The normalized spacial score (nSPS) is 16.1. The molecule has 1 amide bonds. The Hall–Kier alpha value is -2.44. The fraction of sp³-hybridized carbons (Fsp3) is 0.556. The third-order valence-corrected chi connectivity index (χ3v) is 4.57. The number of nitrogens with zero attached hydrogens (tertiary/aromatic N) is 4. The van der Waals surface area contributed by atoms with Crippen molar-refractivity contribution in [2.24, 2.45) is 5.92 Å². The predicted molar refractivity (Wildman–Crippen MR) is 93.2 cm³/mol. The fourth-order valence-corrected chi connectivity index (χ4v) is 2.97. The fourth-order valence-electron chi connectivity index (χ4n) is 2.97. The van der Waals surface area contributed by atoms with Crippen LogP contribution in [0.15, 0.2) is 30.7 Å². The quantitative estimate of drug-likeness (QED) is 0.835. The van der Waals surface area contributed by atoms with Gasteiger partial charge >= 0.3 is 0 Å². The molecule has 3 rings (SSSR count). The van der Waals surface area contributed by atoms with Crippen molar-refractivity contribution in [3.63, 3.8) is 0 Å². The molecule has 7 nitrogen and oxygen atoms in total. The third-order valence-electron chi connectivity index (χ3n) is 4.57. The number of carbonyl (C=O) groups excluding carboxylic acids is 1. The zero-order valence-electron chi connectivity index (χ0n) is 14.8. The van der Waals surface area contributed by atoms with E-state index in [9.17, 15) is 4.79 Å². The zero-order valence-corrected chi connectivity index (χ0v) is 14.8. The molecule has 0 saturated heterocycles. The Kier molecular flexibility index (Phi) is 5.63. The van der Waals surface area contributed by atoms with Gasteiger partial charge in [0.15, 0.2) is 0 Å². The first-order valence-electron chi connectivity index (χ1n) is 8.89. The molecular weight excluding hydrogens is 318 g/mol. The summed E-state index contributed by atoms with van der Waals surface area (Å²) in [4.78, 5) is 16.8. The van der Waals surface area contributed by atoms with Gasteiger partial charge in [-0.2, -0.15) is 0 Å². The van der Waals surface area contributed by atoms with Crippen LogP contribution in [-0.2, 0) is 6.54 Å². The molecule has 7 heteroatoms. The number of aromatic nitrogens is 4. The van der Waals surface area contributed by atoms with Crippen molar-refractivity contribution in [3.8, 4) is 5.88 Å². The lowest BCUT2D eigenvalue weighted by Gasteiger charge is -2.22. The maximum absolute atomic E-state index is 12.5. The molecule has 1 atom stereocenters. The predicted octanol–water partition coefficient (Wildman–Crippen LogP) is 2.45. The second-order valence-corrected chi connectivity index (χ2v) is 6.86. The largest absolute Gasteiger partial charge is 0.474 e. The van der Waals surface area contributed by atoms with Crippen molar-refractivity contribution in [2.75, 3.05) is 0 Å². The van der Waals surface area contributed by atoms with Crippen LogP contribution in [-0.4, -0.2) is 38.0 Å². The lowest BCUT2D eigenvalue weighted by atomic mass is 10.0. The summed E-state index contributed by atoms with van der Waals surface area (Å²) in [5.41, 5.74) is 0.531. The summed E-state index contributed by atoms with van der Waals surface area (Å²) in [7, 11) is 0. The SMILES string of the molecule is CC(C)C(Cn1ccnn1)NC(=O)c1ccc(OC2CCCC2)nc1. The summed E-state index contributed by atoms with van der Waals surface area (Å²) in [6.45, 7) is 4.72. The van der Waals surface area contributed by atoms with Gasteiger partial charge in [0.1, 0.15) is 6.10 Å². The molecule has 0 aromatic carbocycles. The highest BCUT2D eigenvalue weighted by Gasteiger charge is 2.20. The van der Waals surface area contributed by atoms with E-state index in [1.807, 2.05) is 0 Å². The van der Waals surface area contributed by atoms with Gasteiger partial charge in [-0.05, 0) is 37.7 Å². The highest BCUT2D eigenvalue weighted by molar-refractivity contribution is 5.94. The number of pyridine rings is 1. The van der Waals surface area contributed by atoms with E-state index in [1.54, 1.807) is 35.4 Å². The van der Waals surface area contributed by atoms with E-state index in [2.05, 4.69) is 34.5 Å². The molecule has 134 valence electrons. The summed E-state index contributed by atoms with van der Waals surface area (Å²) >= 11 is 0. The molecule has 2 heterocycles. The maximum Gasteiger partial charge on any atom is 0.253 e. The molecular formula is C18H25N5O2. The van der Waals surface area contributed by atoms with Crippen molar-refractivity contribution in [2.45, 2.75) is 58.2 Å². The molecule has 1 N–H and O–H groups in total. The number of nitrogens with one attached hydrogen (secondary N) is 1. The van der Waals surface area contributed by atoms with Gasteiger partial charge in [-0.25, -0.2) is 4.98 Å². The van der Waals surface area contributed by atoms with E-state index < -0.39 is 0 Å². The molecule has 1 aliphatic rings. The van der Waals surface area contributed by atoms with Crippen LogP contribution in [0.3, 0.4) is 0 Å². The number of hydrogen-bond acceptors (Lipinski definition) is 5. The van der Waals surface area contributed by atoms with Crippen LogP contribution in [0.2, 0.25) is 0 Å². The van der Waals surface area contributed by atoms with E-state index >= 15 is 0 Å². The Morgan fingerprint density at radius 2 is 2.16 bits per heavy atom. The lowest BCUT2D eigenvalue weighted by Crippen LogP contribution is -2.41. The monoisotopic (exact) mass is 343 g/mol. The van der Waals surface area contributed by atoms with Gasteiger partial charge in [-0.1, -0.05) is 19.1 Å². The van der Waals surface area contributed by atoms with Gasteiger partial charge in [-0.15, -0.1) is 5.10 Å². The van der Waals surface area contributed by atoms with Crippen LogP contribution in [0.4, 0.5) is 0 Å². The van der Waals surface area contributed by atoms with Gasteiger partial charge in [0.05, 0.1) is 24.3 Å². The minimum absolute atomic E-state index is 0.0383. The van der Waals surface area contributed by atoms with Gasteiger partial charge in [0.2, 0.25) is 5.88 Å². The van der Waals surface area contributed by atoms with E-state index in [0.717, 1.165) is 12.8 Å². The second kappa shape index (κ2) is 8.09. The first kappa shape index (κ1) is 17.4. The number of ether oxygens (including phenoxy) is 1. The van der Waals surface area contributed by atoms with E-state index in [-0.39, 0.29) is 24.0 Å². The molecule has 1 saturated carbocycles. The molecule has 0 bridgehead atoms. The van der Waals surface area contributed by atoms with Crippen LogP contribution in [0, 0.1) is 5.92 Å². The Bertz CT molecular complexity index is 663. The number of rotatable bonds is 7. The van der Waals surface area contributed by atoms with E-state index in [4.69, 9.17) is 4.74 Å². The first-order chi connectivity index (χ1) is 12.1. The van der Waals surface area contributed by atoms with E-state index in [0.29, 0.717) is 18.0 Å².